The normalized spacial score (nSPS) is 12.1. The third kappa shape index (κ3) is 4.53. The summed E-state index contributed by atoms with van der Waals surface area (Å²) in [5.41, 5.74) is -0.436. The molecule has 1 unspecified atom stereocenters. The standard InChI is InChI=1S/C14H18FNO4/c1-8(2)7-16-13(17)9(3)20-10-4-5-11(14(18)19)12(15)6-10/h4-6,8-9H,7H2,1-3H3,(H,16,17)(H,18,19). The molecule has 110 valence electrons. The summed E-state index contributed by atoms with van der Waals surface area (Å²) in [6.45, 7) is 6.00. The second kappa shape index (κ2) is 6.88. The molecule has 0 aliphatic carbocycles. The highest BCUT2D eigenvalue weighted by atomic mass is 19.1. The SMILES string of the molecule is CC(C)CNC(=O)C(C)Oc1ccc(C(=O)O)c(F)c1. The Balaban J connectivity index is 2.66. The third-order valence-electron chi connectivity index (χ3n) is 2.54. The summed E-state index contributed by atoms with van der Waals surface area (Å²) in [5, 5.41) is 11.4. The van der Waals surface area contributed by atoms with E-state index in [1.54, 1.807) is 6.92 Å². The maximum Gasteiger partial charge on any atom is 0.338 e. The summed E-state index contributed by atoms with van der Waals surface area (Å²) in [6.07, 6.45) is -0.788. The molecule has 0 bridgehead atoms. The van der Waals surface area contributed by atoms with E-state index in [-0.39, 0.29) is 11.7 Å². The van der Waals surface area contributed by atoms with Crippen molar-refractivity contribution in [1.82, 2.24) is 5.32 Å². The second-order valence-electron chi connectivity index (χ2n) is 4.85. The summed E-state index contributed by atoms with van der Waals surface area (Å²) in [4.78, 5) is 22.4. The van der Waals surface area contributed by atoms with E-state index in [9.17, 15) is 14.0 Å². The molecule has 2 N–H and O–H groups in total. The van der Waals surface area contributed by atoms with Crippen LogP contribution in [0.15, 0.2) is 18.2 Å². The Bertz CT molecular complexity index is 502. The molecule has 1 aromatic carbocycles. The van der Waals surface area contributed by atoms with Crippen LogP contribution in [0, 0.1) is 11.7 Å². The van der Waals surface area contributed by atoms with E-state index in [2.05, 4.69) is 5.32 Å². The molecule has 0 saturated heterocycles. The second-order valence-corrected chi connectivity index (χ2v) is 4.85. The Morgan fingerprint density at radius 1 is 1.35 bits per heavy atom. The van der Waals surface area contributed by atoms with Crippen LogP contribution >= 0.6 is 0 Å². The number of hydrogen-bond acceptors (Lipinski definition) is 3. The zero-order chi connectivity index (χ0) is 15.3. The first-order valence-corrected chi connectivity index (χ1v) is 6.28. The fraction of sp³-hybridized carbons (Fsp3) is 0.429. The molecule has 0 radical (unpaired) electrons. The minimum atomic E-state index is -1.35. The van der Waals surface area contributed by atoms with E-state index in [4.69, 9.17) is 9.84 Å². The number of rotatable bonds is 6. The van der Waals surface area contributed by atoms with Gasteiger partial charge in [-0.05, 0) is 25.0 Å². The molecule has 1 atom stereocenters. The Hall–Kier alpha value is -2.11. The first-order chi connectivity index (χ1) is 9.31. The number of benzene rings is 1. The van der Waals surface area contributed by atoms with Crippen molar-refractivity contribution >= 4 is 11.9 Å². The number of nitrogens with one attached hydrogen (secondary N) is 1. The van der Waals surface area contributed by atoms with Gasteiger partial charge in [0.2, 0.25) is 0 Å². The monoisotopic (exact) mass is 283 g/mol. The van der Waals surface area contributed by atoms with Gasteiger partial charge < -0.3 is 15.2 Å². The van der Waals surface area contributed by atoms with Crippen molar-refractivity contribution in [2.45, 2.75) is 26.9 Å². The molecule has 1 rings (SSSR count). The molecule has 0 aliphatic heterocycles. The Morgan fingerprint density at radius 2 is 2.00 bits per heavy atom. The molecule has 0 aliphatic rings. The first kappa shape index (κ1) is 15.9. The topological polar surface area (TPSA) is 75.6 Å². The van der Waals surface area contributed by atoms with Crippen LogP contribution in [-0.4, -0.2) is 29.6 Å². The lowest BCUT2D eigenvalue weighted by Crippen LogP contribution is -2.38. The van der Waals surface area contributed by atoms with Crippen LogP contribution in [-0.2, 0) is 4.79 Å². The average Bonchev–Trinajstić information content (AvgIpc) is 2.35. The van der Waals surface area contributed by atoms with Gasteiger partial charge in [0.05, 0.1) is 5.56 Å². The van der Waals surface area contributed by atoms with Crippen molar-refractivity contribution in [1.29, 1.82) is 0 Å². The number of carboxylic acid groups (broad SMARTS) is 1. The Morgan fingerprint density at radius 3 is 2.50 bits per heavy atom. The summed E-state index contributed by atoms with van der Waals surface area (Å²) in [7, 11) is 0. The van der Waals surface area contributed by atoms with Gasteiger partial charge in [0.1, 0.15) is 11.6 Å². The van der Waals surface area contributed by atoms with Gasteiger partial charge in [-0.2, -0.15) is 0 Å². The van der Waals surface area contributed by atoms with E-state index < -0.39 is 23.5 Å². The summed E-state index contributed by atoms with van der Waals surface area (Å²) in [6, 6.07) is 3.38. The number of carbonyl (C=O) groups excluding carboxylic acids is 1. The van der Waals surface area contributed by atoms with Crippen molar-refractivity contribution < 1.29 is 23.8 Å². The van der Waals surface area contributed by atoms with Gasteiger partial charge >= 0.3 is 5.97 Å². The smallest absolute Gasteiger partial charge is 0.338 e. The third-order valence-corrected chi connectivity index (χ3v) is 2.54. The van der Waals surface area contributed by atoms with Gasteiger partial charge in [-0.25, -0.2) is 9.18 Å². The van der Waals surface area contributed by atoms with Crippen LogP contribution < -0.4 is 10.1 Å². The van der Waals surface area contributed by atoms with Crippen LogP contribution in [0.4, 0.5) is 4.39 Å². The molecule has 0 heterocycles. The number of ether oxygens (including phenoxy) is 1. The number of carbonyl (C=O) groups is 2. The maximum atomic E-state index is 13.4. The molecule has 0 spiro atoms. The molecule has 5 nitrogen and oxygen atoms in total. The molecule has 0 aromatic heterocycles. The lowest BCUT2D eigenvalue weighted by Gasteiger charge is -2.16. The highest BCUT2D eigenvalue weighted by Gasteiger charge is 2.16. The van der Waals surface area contributed by atoms with Gasteiger partial charge in [0, 0.05) is 12.6 Å². The molecule has 20 heavy (non-hydrogen) atoms. The van der Waals surface area contributed by atoms with E-state index in [1.165, 1.54) is 6.07 Å². The molecular formula is C14H18FNO4. The molecular weight excluding hydrogens is 265 g/mol. The van der Waals surface area contributed by atoms with Crippen molar-refractivity contribution in [2.24, 2.45) is 5.92 Å². The van der Waals surface area contributed by atoms with Gasteiger partial charge in [-0.3, -0.25) is 4.79 Å². The van der Waals surface area contributed by atoms with Crippen molar-refractivity contribution in [3.63, 3.8) is 0 Å². The highest BCUT2D eigenvalue weighted by Crippen LogP contribution is 2.18. The van der Waals surface area contributed by atoms with Gasteiger partial charge in [0.25, 0.3) is 5.91 Å². The van der Waals surface area contributed by atoms with Gasteiger partial charge in [0.15, 0.2) is 6.10 Å². The van der Waals surface area contributed by atoms with Crippen LogP contribution in [0.25, 0.3) is 0 Å². The average molecular weight is 283 g/mol. The van der Waals surface area contributed by atoms with Crippen molar-refractivity contribution in [2.75, 3.05) is 6.54 Å². The van der Waals surface area contributed by atoms with Crippen LogP contribution in [0.1, 0.15) is 31.1 Å². The van der Waals surface area contributed by atoms with E-state index >= 15 is 0 Å². The minimum absolute atomic E-state index is 0.111. The number of carboxylic acids is 1. The predicted molar refractivity (Wildman–Crippen MR) is 71.3 cm³/mol. The van der Waals surface area contributed by atoms with Crippen LogP contribution in [0.2, 0.25) is 0 Å². The van der Waals surface area contributed by atoms with Gasteiger partial charge in [-0.1, -0.05) is 13.8 Å². The van der Waals surface area contributed by atoms with Gasteiger partial charge in [-0.15, -0.1) is 0 Å². The lowest BCUT2D eigenvalue weighted by molar-refractivity contribution is -0.127. The fourth-order valence-electron chi connectivity index (χ4n) is 1.45. The quantitative estimate of drug-likeness (QED) is 0.838. The fourth-order valence-corrected chi connectivity index (χ4v) is 1.45. The lowest BCUT2D eigenvalue weighted by atomic mass is 10.2. The van der Waals surface area contributed by atoms with E-state index in [1.807, 2.05) is 13.8 Å². The number of hydrogen-bond donors (Lipinski definition) is 2. The first-order valence-electron chi connectivity index (χ1n) is 6.28. The van der Waals surface area contributed by atoms with Crippen molar-refractivity contribution in [3.8, 4) is 5.75 Å². The number of amides is 1. The highest BCUT2D eigenvalue weighted by molar-refractivity contribution is 5.88. The minimum Gasteiger partial charge on any atom is -0.481 e. The maximum absolute atomic E-state index is 13.4. The summed E-state index contributed by atoms with van der Waals surface area (Å²) in [5.74, 6) is -2.12. The molecule has 0 fully saturated rings. The number of aromatic carboxylic acids is 1. The summed E-state index contributed by atoms with van der Waals surface area (Å²) >= 11 is 0. The largest absolute Gasteiger partial charge is 0.481 e. The molecule has 0 saturated carbocycles. The molecule has 1 amide bonds. The van der Waals surface area contributed by atoms with Crippen LogP contribution in [0.3, 0.4) is 0 Å². The van der Waals surface area contributed by atoms with Crippen LogP contribution in [0.5, 0.6) is 5.75 Å². The summed E-state index contributed by atoms with van der Waals surface area (Å²) < 4.78 is 18.7. The zero-order valence-corrected chi connectivity index (χ0v) is 11.6. The zero-order valence-electron chi connectivity index (χ0n) is 11.6. The Labute approximate surface area is 116 Å². The number of halogens is 1. The molecule has 6 heteroatoms. The van der Waals surface area contributed by atoms with E-state index in [0.29, 0.717) is 12.5 Å². The predicted octanol–water partition coefficient (Wildman–Crippen LogP) is 2.06. The Kier molecular flexibility index (Phi) is 5.49. The van der Waals surface area contributed by atoms with Crippen molar-refractivity contribution in [3.05, 3.63) is 29.6 Å². The van der Waals surface area contributed by atoms with E-state index in [0.717, 1.165) is 12.1 Å². The molecule has 1 aromatic rings.